The number of nitrogens with one attached hydrogen (secondary N) is 1. The Bertz CT molecular complexity index is 421. The first-order valence-corrected chi connectivity index (χ1v) is 13.2. The summed E-state index contributed by atoms with van der Waals surface area (Å²) >= 11 is 0. The first-order chi connectivity index (χ1) is 15.1. The Morgan fingerprint density at radius 3 is 1.56 bits per heavy atom. The number of carbonyl (C=O) groups excluding carboxylic acids is 2. The van der Waals surface area contributed by atoms with Crippen LogP contribution >= 0.6 is 0 Å². The largest absolute Gasteiger partial charge is 1.00 e. The van der Waals surface area contributed by atoms with E-state index in [4.69, 9.17) is 4.74 Å². The number of aliphatic carboxylic acids is 1. The number of unbranched alkanes of at least 4 members (excludes halogenated alkanes) is 15. The van der Waals surface area contributed by atoms with Gasteiger partial charge in [-0.15, -0.1) is 0 Å². The fourth-order valence-electron chi connectivity index (χ4n) is 3.83. The van der Waals surface area contributed by atoms with E-state index >= 15 is 0 Å². The Morgan fingerprint density at radius 1 is 0.719 bits per heavy atom. The number of ether oxygens (including phenoxy) is 1. The molecule has 0 aromatic carbocycles. The Kier molecular flexibility index (Phi) is 28.9. The van der Waals surface area contributed by atoms with Crippen LogP contribution in [0, 0.1) is 0 Å². The Morgan fingerprint density at radius 2 is 1.12 bits per heavy atom. The number of hydrogen-bond acceptors (Lipinski definition) is 5. The van der Waals surface area contributed by atoms with Gasteiger partial charge in [0.1, 0.15) is 0 Å². The van der Waals surface area contributed by atoms with Crippen molar-refractivity contribution in [2.75, 3.05) is 13.1 Å². The van der Waals surface area contributed by atoms with Gasteiger partial charge in [-0.2, -0.15) is 0 Å². The average molecular weight is 464 g/mol. The third-order valence-corrected chi connectivity index (χ3v) is 5.81. The molecule has 0 aliphatic carbocycles. The normalized spacial score (nSPS) is 11.7. The first kappa shape index (κ1) is 34.1. The summed E-state index contributed by atoms with van der Waals surface area (Å²) in [6.07, 6.45) is 22.9. The molecule has 0 bridgehead atoms. The van der Waals surface area contributed by atoms with Crippen molar-refractivity contribution >= 4 is 11.9 Å². The van der Waals surface area contributed by atoms with Crippen LogP contribution < -0.4 is 40.0 Å². The van der Waals surface area contributed by atoms with Gasteiger partial charge in [0.25, 0.3) is 0 Å². The summed E-state index contributed by atoms with van der Waals surface area (Å²) in [4.78, 5) is 22.0. The SMILES string of the molecule is CCCCCCCCCCCCCCCCCCC(C)OC(=O)CCNCCC(=O)[O-].[Na+]. The van der Waals surface area contributed by atoms with E-state index in [2.05, 4.69) is 12.2 Å². The van der Waals surface area contributed by atoms with Crippen molar-refractivity contribution in [1.82, 2.24) is 5.32 Å². The summed E-state index contributed by atoms with van der Waals surface area (Å²) in [5.41, 5.74) is 0. The van der Waals surface area contributed by atoms with Crippen LogP contribution in [0.5, 0.6) is 0 Å². The van der Waals surface area contributed by atoms with Gasteiger partial charge in [0.2, 0.25) is 0 Å². The molecule has 0 aromatic heterocycles. The third-order valence-electron chi connectivity index (χ3n) is 5.81. The van der Waals surface area contributed by atoms with Gasteiger partial charge in [0, 0.05) is 19.1 Å². The van der Waals surface area contributed by atoms with E-state index in [1.54, 1.807) is 0 Å². The van der Waals surface area contributed by atoms with E-state index in [0.717, 1.165) is 12.8 Å². The van der Waals surface area contributed by atoms with Gasteiger partial charge in [-0.1, -0.05) is 103 Å². The van der Waals surface area contributed by atoms with Crippen LogP contribution in [0.1, 0.15) is 136 Å². The van der Waals surface area contributed by atoms with E-state index in [-0.39, 0.29) is 54.5 Å². The predicted octanol–water partition coefficient (Wildman–Crippen LogP) is 2.69. The fourth-order valence-corrected chi connectivity index (χ4v) is 3.83. The van der Waals surface area contributed by atoms with Crippen molar-refractivity contribution in [2.24, 2.45) is 0 Å². The van der Waals surface area contributed by atoms with Gasteiger partial charge >= 0.3 is 35.5 Å². The van der Waals surface area contributed by atoms with Crippen molar-refractivity contribution in [3.05, 3.63) is 0 Å². The maximum atomic E-state index is 11.7. The van der Waals surface area contributed by atoms with Crippen LogP contribution in [0.2, 0.25) is 0 Å². The number of esters is 1. The minimum atomic E-state index is -1.08. The zero-order valence-electron chi connectivity index (χ0n) is 21.6. The third kappa shape index (κ3) is 27.9. The molecule has 1 atom stereocenters. The molecule has 6 heteroatoms. The smallest absolute Gasteiger partial charge is 0.550 e. The van der Waals surface area contributed by atoms with Gasteiger partial charge in [-0.3, -0.25) is 4.79 Å². The number of carbonyl (C=O) groups is 2. The van der Waals surface area contributed by atoms with Crippen LogP contribution in [0.4, 0.5) is 0 Å². The second kappa shape index (κ2) is 27.1. The Labute approximate surface area is 220 Å². The molecule has 0 saturated carbocycles. The predicted molar refractivity (Wildman–Crippen MR) is 127 cm³/mol. The van der Waals surface area contributed by atoms with Crippen LogP contribution in [0.15, 0.2) is 0 Å². The van der Waals surface area contributed by atoms with Gasteiger partial charge in [0.05, 0.1) is 12.5 Å². The van der Waals surface area contributed by atoms with E-state index in [0.29, 0.717) is 13.1 Å². The van der Waals surface area contributed by atoms with E-state index < -0.39 is 5.97 Å². The maximum Gasteiger partial charge on any atom is 1.00 e. The van der Waals surface area contributed by atoms with Gasteiger partial charge in [-0.25, -0.2) is 0 Å². The summed E-state index contributed by atoms with van der Waals surface area (Å²) in [6.45, 7) is 4.99. The zero-order chi connectivity index (χ0) is 23.0. The molecule has 0 heterocycles. The summed E-state index contributed by atoms with van der Waals surface area (Å²) in [5.74, 6) is -1.30. The van der Waals surface area contributed by atoms with Crippen LogP contribution in [0.3, 0.4) is 0 Å². The maximum absolute atomic E-state index is 11.7. The molecule has 0 aromatic rings. The van der Waals surface area contributed by atoms with Crippen molar-refractivity contribution in [3.63, 3.8) is 0 Å². The second-order valence-electron chi connectivity index (χ2n) is 9.01. The minimum Gasteiger partial charge on any atom is -0.550 e. The van der Waals surface area contributed by atoms with Crippen LogP contribution in [-0.2, 0) is 14.3 Å². The Hall–Kier alpha value is -0.100. The summed E-state index contributed by atoms with van der Waals surface area (Å²) in [7, 11) is 0. The molecule has 1 unspecified atom stereocenters. The zero-order valence-corrected chi connectivity index (χ0v) is 23.6. The molecule has 0 saturated heterocycles. The first-order valence-electron chi connectivity index (χ1n) is 13.2. The molecular formula is C26H50NNaO4. The molecular weight excluding hydrogens is 413 g/mol. The fraction of sp³-hybridized carbons (Fsp3) is 0.923. The monoisotopic (exact) mass is 463 g/mol. The van der Waals surface area contributed by atoms with E-state index in [1.807, 2.05) is 6.92 Å². The summed E-state index contributed by atoms with van der Waals surface area (Å²) in [6, 6.07) is 0. The van der Waals surface area contributed by atoms with E-state index in [9.17, 15) is 14.7 Å². The standard InChI is InChI=1S/C26H51NO4.Na/c1-3-4-5-6-7-8-9-10-11-12-13-14-15-16-17-18-19-24(2)31-26(30)21-23-27-22-20-25(28)29;/h24,27H,3-23H2,1-2H3,(H,28,29);/q;+1/p-1. The van der Waals surface area contributed by atoms with Gasteiger partial charge in [0.15, 0.2) is 0 Å². The molecule has 0 aliphatic heterocycles. The van der Waals surface area contributed by atoms with Gasteiger partial charge in [-0.05, 0) is 26.2 Å². The van der Waals surface area contributed by atoms with Crippen molar-refractivity contribution in [3.8, 4) is 0 Å². The van der Waals surface area contributed by atoms with Crippen molar-refractivity contribution < 1.29 is 49.0 Å². The quantitative estimate of drug-likeness (QED) is 0.135. The molecule has 0 spiro atoms. The molecule has 0 amide bonds. The second-order valence-corrected chi connectivity index (χ2v) is 9.01. The molecule has 5 nitrogen and oxygen atoms in total. The van der Waals surface area contributed by atoms with Gasteiger partial charge < -0.3 is 20.0 Å². The minimum absolute atomic E-state index is 0. The van der Waals surface area contributed by atoms with Crippen LogP contribution in [-0.4, -0.2) is 31.1 Å². The average Bonchev–Trinajstić information content (AvgIpc) is 2.73. The Balaban J connectivity index is 0. The molecule has 184 valence electrons. The van der Waals surface area contributed by atoms with Crippen molar-refractivity contribution in [2.45, 2.75) is 142 Å². The number of rotatable bonds is 24. The molecule has 0 fully saturated rings. The molecule has 0 rings (SSSR count). The number of carboxylic acids is 1. The van der Waals surface area contributed by atoms with E-state index in [1.165, 1.54) is 96.3 Å². The topological polar surface area (TPSA) is 78.5 Å². The van der Waals surface area contributed by atoms with Crippen molar-refractivity contribution in [1.29, 1.82) is 0 Å². The molecule has 0 aliphatic rings. The molecule has 0 radical (unpaired) electrons. The number of hydrogen-bond donors (Lipinski definition) is 1. The summed E-state index contributed by atoms with van der Waals surface area (Å²) in [5, 5.41) is 13.2. The molecule has 32 heavy (non-hydrogen) atoms. The summed E-state index contributed by atoms with van der Waals surface area (Å²) < 4.78 is 5.39. The molecule has 1 N–H and O–H groups in total. The number of carboxylic acid groups (broad SMARTS) is 1. The van der Waals surface area contributed by atoms with Crippen LogP contribution in [0.25, 0.3) is 0 Å².